The van der Waals surface area contributed by atoms with Crippen LogP contribution in [0.5, 0.6) is 0 Å². The van der Waals surface area contributed by atoms with Crippen LogP contribution < -0.4 is 0 Å². The molecule has 0 aliphatic carbocycles. The van der Waals surface area contributed by atoms with E-state index < -0.39 is 9.04 Å². The fourth-order valence-electron chi connectivity index (χ4n) is 1.95. The van der Waals surface area contributed by atoms with Gasteiger partial charge in [-0.1, -0.05) is 33.6 Å². The average Bonchev–Trinajstić information content (AvgIpc) is 2.06. The molecule has 1 aliphatic heterocycles. The van der Waals surface area contributed by atoms with Crippen LogP contribution in [0.2, 0.25) is 11.1 Å². The molecule has 1 fully saturated rings. The van der Waals surface area contributed by atoms with E-state index in [1.54, 1.807) is 0 Å². The van der Waals surface area contributed by atoms with Gasteiger partial charge in [-0.25, -0.2) is 0 Å². The van der Waals surface area contributed by atoms with Crippen LogP contribution in [0, 0.1) is 0 Å². The molecule has 0 aromatic heterocycles. The molecule has 71 valence electrons. The second-order valence-electron chi connectivity index (χ2n) is 4.36. The Labute approximate surface area is 78.2 Å². The third kappa shape index (κ3) is 2.59. The minimum Gasteiger partial charge on any atom is -0.416 e. The lowest BCUT2D eigenvalue weighted by molar-refractivity contribution is 0.264. The van der Waals surface area contributed by atoms with E-state index in [1.165, 1.54) is 31.7 Å². The summed E-state index contributed by atoms with van der Waals surface area (Å²) in [4.78, 5) is 0. The maximum absolute atomic E-state index is 5.90. The van der Waals surface area contributed by atoms with Gasteiger partial charge < -0.3 is 4.43 Å². The van der Waals surface area contributed by atoms with Crippen LogP contribution in [-0.2, 0) is 4.43 Å². The smallest absolute Gasteiger partial charge is 0.217 e. The zero-order chi connectivity index (χ0) is 9.03. The summed E-state index contributed by atoms with van der Waals surface area (Å²) < 4.78 is 5.90. The van der Waals surface area contributed by atoms with Gasteiger partial charge in [-0.15, -0.1) is 0 Å². The maximum Gasteiger partial charge on any atom is 0.217 e. The van der Waals surface area contributed by atoms with Crippen LogP contribution >= 0.6 is 0 Å². The van der Waals surface area contributed by atoms with Gasteiger partial charge in [0.05, 0.1) is 0 Å². The summed E-state index contributed by atoms with van der Waals surface area (Å²) in [7, 11) is -0.487. The normalized spacial score (nSPS) is 21.2. The lowest BCUT2D eigenvalue weighted by atomic mass is 10.1. The molecule has 0 aromatic carbocycles. The van der Waals surface area contributed by atoms with Crippen molar-refractivity contribution in [2.45, 2.75) is 57.5 Å². The fraction of sp³-hybridized carbons (Fsp3) is 1.00. The van der Waals surface area contributed by atoms with Crippen molar-refractivity contribution in [3.8, 4) is 0 Å². The van der Waals surface area contributed by atoms with Gasteiger partial charge in [-0.05, 0) is 23.9 Å². The van der Waals surface area contributed by atoms with Crippen molar-refractivity contribution < 1.29 is 4.43 Å². The maximum atomic E-state index is 5.90. The summed E-state index contributed by atoms with van der Waals surface area (Å²) in [5.74, 6) is 0. The largest absolute Gasteiger partial charge is 0.416 e. The van der Waals surface area contributed by atoms with E-state index in [1.807, 2.05) is 0 Å². The predicted molar refractivity (Wildman–Crippen MR) is 54.7 cm³/mol. The molecule has 1 aliphatic rings. The predicted octanol–water partition coefficient (Wildman–Crippen LogP) is 3.37. The third-order valence-corrected chi connectivity index (χ3v) is 5.82. The van der Waals surface area contributed by atoms with E-state index in [0.29, 0.717) is 5.04 Å². The third-order valence-electron chi connectivity index (χ3n) is 2.70. The Balaban J connectivity index is 2.41. The number of rotatable bonds is 3. The topological polar surface area (TPSA) is 9.23 Å². The highest BCUT2D eigenvalue weighted by atomic mass is 28.3. The van der Waals surface area contributed by atoms with E-state index in [-0.39, 0.29) is 0 Å². The first-order valence-electron chi connectivity index (χ1n) is 5.16. The summed E-state index contributed by atoms with van der Waals surface area (Å²) in [5.41, 5.74) is 0. The zero-order valence-corrected chi connectivity index (χ0v) is 9.65. The monoisotopic (exact) mass is 185 g/mol. The molecule has 0 unspecified atom stereocenters. The Kier molecular flexibility index (Phi) is 3.78. The first-order chi connectivity index (χ1) is 5.67. The lowest BCUT2D eigenvalue weighted by Gasteiger charge is -2.34. The molecule has 1 nitrogen and oxygen atoms in total. The lowest BCUT2D eigenvalue weighted by Crippen LogP contribution is -2.34. The van der Waals surface area contributed by atoms with Crippen molar-refractivity contribution in [3.05, 3.63) is 0 Å². The molecule has 1 saturated heterocycles. The number of hydrogen-bond donors (Lipinski definition) is 0. The van der Waals surface area contributed by atoms with Gasteiger partial charge in [-0.2, -0.15) is 0 Å². The molecule has 1 radical (unpaired) electrons. The SMILES string of the molecule is CCCC(C)(C)[Si]1CCCCO1. The molecule has 2 heteroatoms. The second-order valence-corrected chi connectivity index (χ2v) is 7.35. The molecule has 0 saturated carbocycles. The van der Waals surface area contributed by atoms with Crippen LogP contribution in [0.4, 0.5) is 0 Å². The van der Waals surface area contributed by atoms with Crippen molar-refractivity contribution in [2.24, 2.45) is 0 Å². The van der Waals surface area contributed by atoms with Crippen LogP contribution in [-0.4, -0.2) is 15.6 Å². The Morgan fingerprint density at radius 1 is 1.33 bits per heavy atom. The van der Waals surface area contributed by atoms with Gasteiger partial charge in [0.15, 0.2) is 0 Å². The molecular weight excluding hydrogens is 164 g/mol. The molecular formula is C10H21OSi. The van der Waals surface area contributed by atoms with Crippen molar-refractivity contribution in [3.63, 3.8) is 0 Å². The first kappa shape index (κ1) is 10.3. The van der Waals surface area contributed by atoms with Gasteiger partial charge in [0, 0.05) is 6.61 Å². The summed E-state index contributed by atoms with van der Waals surface area (Å²) in [6.45, 7) is 8.07. The minimum atomic E-state index is -0.487. The number of hydrogen-bond acceptors (Lipinski definition) is 1. The summed E-state index contributed by atoms with van der Waals surface area (Å²) in [6.07, 6.45) is 5.32. The second kappa shape index (κ2) is 4.42. The van der Waals surface area contributed by atoms with E-state index in [9.17, 15) is 0 Å². The molecule has 0 N–H and O–H groups in total. The standard InChI is InChI=1S/C10H21OSi/c1-4-7-10(2,3)12-9-6-5-8-11-12/h4-9H2,1-3H3. The summed E-state index contributed by atoms with van der Waals surface area (Å²) >= 11 is 0. The van der Waals surface area contributed by atoms with E-state index in [2.05, 4.69) is 20.8 Å². The molecule has 0 atom stereocenters. The van der Waals surface area contributed by atoms with Gasteiger partial charge in [0.2, 0.25) is 9.04 Å². The summed E-state index contributed by atoms with van der Waals surface area (Å²) in [5, 5.41) is 0.500. The molecule has 1 rings (SSSR count). The van der Waals surface area contributed by atoms with Crippen molar-refractivity contribution in [1.29, 1.82) is 0 Å². The Bertz CT molecular complexity index is 128. The molecule has 0 amide bonds. The summed E-state index contributed by atoms with van der Waals surface area (Å²) in [6, 6.07) is 1.37. The quantitative estimate of drug-likeness (QED) is 0.613. The van der Waals surface area contributed by atoms with Gasteiger partial charge in [0.1, 0.15) is 0 Å². The molecule has 0 bridgehead atoms. The van der Waals surface area contributed by atoms with Gasteiger partial charge in [0.25, 0.3) is 0 Å². The average molecular weight is 185 g/mol. The fourth-order valence-corrected chi connectivity index (χ4v) is 4.66. The van der Waals surface area contributed by atoms with E-state index >= 15 is 0 Å². The van der Waals surface area contributed by atoms with Gasteiger partial charge in [-0.3, -0.25) is 0 Å². The Morgan fingerprint density at radius 3 is 2.58 bits per heavy atom. The zero-order valence-electron chi connectivity index (χ0n) is 8.65. The van der Waals surface area contributed by atoms with Crippen molar-refractivity contribution >= 4 is 9.04 Å². The van der Waals surface area contributed by atoms with Crippen molar-refractivity contribution in [1.82, 2.24) is 0 Å². The van der Waals surface area contributed by atoms with Gasteiger partial charge >= 0.3 is 0 Å². The van der Waals surface area contributed by atoms with Crippen LogP contribution in [0.15, 0.2) is 0 Å². The van der Waals surface area contributed by atoms with Crippen LogP contribution in [0.1, 0.15) is 46.5 Å². The van der Waals surface area contributed by atoms with Crippen LogP contribution in [0.3, 0.4) is 0 Å². The van der Waals surface area contributed by atoms with E-state index in [4.69, 9.17) is 4.43 Å². The Hall–Kier alpha value is 0.177. The molecule has 0 aromatic rings. The molecule has 0 spiro atoms. The Morgan fingerprint density at radius 2 is 2.08 bits per heavy atom. The van der Waals surface area contributed by atoms with E-state index in [0.717, 1.165) is 6.61 Å². The van der Waals surface area contributed by atoms with Crippen LogP contribution in [0.25, 0.3) is 0 Å². The highest BCUT2D eigenvalue weighted by Gasteiger charge is 2.33. The molecule has 1 heterocycles. The first-order valence-corrected chi connectivity index (χ1v) is 6.77. The van der Waals surface area contributed by atoms with Crippen molar-refractivity contribution in [2.75, 3.05) is 6.61 Å². The highest BCUT2D eigenvalue weighted by Crippen LogP contribution is 2.38. The highest BCUT2D eigenvalue weighted by molar-refractivity contribution is 6.55. The molecule has 12 heavy (non-hydrogen) atoms. The minimum absolute atomic E-state index is 0.487.